The van der Waals surface area contributed by atoms with Crippen LogP contribution in [0.1, 0.15) is 36.8 Å². The predicted molar refractivity (Wildman–Crippen MR) is 80.2 cm³/mol. The number of benzene rings is 1. The molecule has 0 aliphatic rings. The minimum atomic E-state index is 0.126. The largest absolute Gasteiger partial charge is 0.356 e. The summed E-state index contributed by atoms with van der Waals surface area (Å²) in [6.07, 6.45) is 5.21. The summed E-state index contributed by atoms with van der Waals surface area (Å²) in [6, 6.07) is 8.11. The van der Waals surface area contributed by atoms with Crippen LogP contribution in [-0.2, 0) is 11.2 Å². The highest BCUT2D eigenvalue weighted by atomic mass is 79.9. The number of aryl methyl sites for hydroxylation is 1. The Labute approximate surface area is 118 Å². The van der Waals surface area contributed by atoms with Crippen LogP contribution in [-0.4, -0.2) is 17.8 Å². The molecule has 1 amide bonds. The molecule has 1 rings (SSSR count). The van der Waals surface area contributed by atoms with E-state index in [0.717, 1.165) is 23.9 Å². The standard InChI is InChI=1S/C15H22BrNO/c1-13-7-6-8-14(11-13)12-15(18)17-10-5-3-2-4-9-16/h6-8,11H,2-5,9-10,12H2,1H3,(H,17,18). The number of halogens is 1. The van der Waals surface area contributed by atoms with E-state index in [1.165, 1.54) is 24.8 Å². The van der Waals surface area contributed by atoms with Crippen LogP contribution in [0.3, 0.4) is 0 Å². The zero-order chi connectivity index (χ0) is 13.2. The molecule has 3 heteroatoms. The van der Waals surface area contributed by atoms with Crippen LogP contribution in [0, 0.1) is 6.92 Å². The molecule has 0 aromatic heterocycles. The van der Waals surface area contributed by atoms with E-state index in [9.17, 15) is 4.79 Å². The Morgan fingerprint density at radius 1 is 1.22 bits per heavy atom. The second kappa shape index (κ2) is 9.15. The van der Waals surface area contributed by atoms with Gasteiger partial charge in [0.25, 0.3) is 0 Å². The summed E-state index contributed by atoms with van der Waals surface area (Å²) in [5.41, 5.74) is 2.29. The third-order valence-corrected chi connectivity index (χ3v) is 3.39. The van der Waals surface area contributed by atoms with Gasteiger partial charge in [-0.2, -0.15) is 0 Å². The maximum Gasteiger partial charge on any atom is 0.224 e. The molecule has 0 heterocycles. The Bertz CT molecular complexity index is 365. The molecule has 100 valence electrons. The summed E-state index contributed by atoms with van der Waals surface area (Å²) in [5.74, 6) is 0.126. The van der Waals surface area contributed by atoms with Crippen molar-refractivity contribution in [3.05, 3.63) is 35.4 Å². The summed E-state index contributed by atoms with van der Waals surface area (Å²) in [4.78, 5) is 11.7. The van der Waals surface area contributed by atoms with Crippen molar-refractivity contribution >= 4 is 21.8 Å². The Morgan fingerprint density at radius 2 is 2.00 bits per heavy atom. The van der Waals surface area contributed by atoms with Gasteiger partial charge in [-0.3, -0.25) is 4.79 Å². The van der Waals surface area contributed by atoms with Gasteiger partial charge >= 0.3 is 0 Å². The van der Waals surface area contributed by atoms with Crippen LogP contribution in [0.4, 0.5) is 0 Å². The van der Waals surface area contributed by atoms with Gasteiger partial charge in [-0.25, -0.2) is 0 Å². The van der Waals surface area contributed by atoms with Gasteiger partial charge in [-0.05, 0) is 25.3 Å². The number of rotatable bonds is 8. The third-order valence-electron chi connectivity index (χ3n) is 2.83. The van der Waals surface area contributed by atoms with Crippen molar-refractivity contribution in [3.8, 4) is 0 Å². The smallest absolute Gasteiger partial charge is 0.224 e. The van der Waals surface area contributed by atoms with Crippen molar-refractivity contribution in [2.75, 3.05) is 11.9 Å². The van der Waals surface area contributed by atoms with Crippen molar-refractivity contribution in [1.29, 1.82) is 0 Å². The lowest BCUT2D eigenvalue weighted by molar-refractivity contribution is -0.120. The Hall–Kier alpha value is -0.830. The zero-order valence-corrected chi connectivity index (χ0v) is 12.6. The molecule has 0 unspecified atom stereocenters. The van der Waals surface area contributed by atoms with E-state index in [1.54, 1.807) is 0 Å². The number of amides is 1. The Morgan fingerprint density at radius 3 is 2.72 bits per heavy atom. The lowest BCUT2D eigenvalue weighted by Gasteiger charge is -2.05. The highest BCUT2D eigenvalue weighted by Crippen LogP contribution is 2.05. The number of nitrogens with one attached hydrogen (secondary N) is 1. The first-order chi connectivity index (χ1) is 8.72. The van der Waals surface area contributed by atoms with E-state index in [-0.39, 0.29) is 5.91 Å². The summed E-state index contributed by atoms with van der Waals surface area (Å²) in [5, 5.41) is 4.05. The molecule has 0 spiro atoms. The van der Waals surface area contributed by atoms with E-state index in [2.05, 4.69) is 27.3 Å². The summed E-state index contributed by atoms with van der Waals surface area (Å²) in [7, 11) is 0. The number of hydrogen-bond donors (Lipinski definition) is 1. The molecule has 1 N–H and O–H groups in total. The highest BCUT2D eigenvalue weighted by Gasteiger charge is 2.02. The Kier molecular flexibility index (Phi) is 7.74. The molecule has 0 bridgehead atoms. The van der Waals surface area contributed by atoms with Crippen molar-refractivity contribution in [1.82, 2.24) is 5.32 Å². The van der Waals surface area contributed by atoms with Crippen LogP contribution in [0.15, 0.2) is 24.3 Å². The maximum atomic E-state index is 11.7. The van der Waals surface area contributed by atoms with Gasteiger partial charge < -0.3 is 5.32 Å². The molecule has 0 atom stereocenters. The van der Waals surface area contributed by atoms with Gasteiger partial charge in [0, 0.05) is 11.9 Å². The quantitative estimate of drug-likeness (QED) is 0.576. The zero-order valence-electron chi connectivity index (χ0n) is 11.0. The number of alkyl halides is 1. The molecule has 0 aliphatic heterocycles. The minimum Gasteiger partial charge on any atom is -0.356 e. The second-order valence-corrected chi connectivity index (χ2v) is 5.41. The van der Waals surface area contributed by atoms with Gasteiger partial charge in [0.1, 0.15) is 0 Å². The van der Waals surface area contributed by atoms with Crippen LogP contribution in [0.2, 0.25) is 0 Å². The van der Waals surface area contributed by atoms with Crippen molar-refractivity contribution in [3.63, 3.8) is 0 Å². The molecule has 0 fully saturated rings. The van der Waals surface area contributed by atoms with Gasteiger partial charge in [-0.15, -0.1) is 0 Å². The fourth-order valence-corrected chi connectivity index (χ4v) is 2.27. The minimum absolute atomic E-state index is 0.126. The van der Waals surface area contributed by atoms with E-state index in [1.807, 2.05) is 25.1 Å². The molecular formula is C15H22BrNO. The lowest BCUT2D eigenvalue weighted by Crippen LogP contribution is -2.26. The van der Waals surface area contributed by atoms with Gasteiger partial charge in [0.15, 0.2) is 0 Å². The maximum absolute atomic E-state index is 11.7. The first-order valence-electron chi connectivity index (χ1n) is 6.60. The third kappa shape index (κ3) is 6.80. The van der Waals surface area contributed by atoms with Crippen molar-refractivity contribution in [2.24, 2.45) is 0 Å². The fraction of sp³-hybridized carbons (Fsp3) is 0.533. The highest BCUT2D eigenvalue weighted by molar-refractivity contribution is 9.09. The average molecular weight is 312 g/mol. The second-order valence-electron chi connectivity index (χ2n) is 4.62. The van der Waals surface area contributed by atoms with Crippen LogP contribution in [0.25, 0.3) is 0 Å². The Balaban J connectivity index is 2.14. The normalized spacial score (nSPS) is 10.3. The fourth-order valence-electron chi connectivity index (χ4n) is 1.87. The summed E-state index contributed by atoms with van der Waals surface area (Å²) < 4.78 is 0. The van der Waals surface area contributed by atoms with Crippen LogP contribution < -0.4 is 5.32 Å². The molecule has 0 saturated carbocycles. The monoisotopic (exact) mass is 311 g/mol. The molecule has 0 saturated heterocycles. The van der Waals surface area contributed by atoms with E-state index < -0.39 is 0 Å². The molecule has 1 aromatic carbocycles. The SMILES string of the molecule is Cc1cccc(CC(=O)NCCCCCCBr)c1. The van der Waals surface area contributed by atoms with E-state index >= 15 is 0 Å². The first kappa shape index (κ1) is 15.2. The molecule has 1 aromatic rings. The number of hydrogen-bond acceptors (Lipinski definition) is 1. The lowest BCUT2D eigenvalue weighted by atomic mass is 10.1. The molecule has 18 heavy (non-hydrogen) atoms. The molecule has 0 radical (unpaired) electrons. The molecular weight excluding hydrogens is 290 g/mol. The predicted octanol–water partition coefficient (Wildman–Crippen LogP) is 3.61. The molecule has 2 nitrogen and oxygen atoms in total. The first-order valence-corrected chi connectivity index (χ1v) is 7.72. The van der Waals surface area contributed by atoms with Gasteiger partial charge in [0.05, 0.1) is 6.42 Å². The number of carbonyl (C=O) groups excluding carboxylic acids is 1. The van der Waals surface area contributed by atoms with E-state index in [4.69, 9.17) is 0 Å². The van der Waals surface area contributed by atoms with Gasteiger partial charge in [0.2, 0.25) is 5.91 Å². The topological polar surface area (TPSA) is 29.1 Å². The number of unbranched alkanes of at least 4 members (excludes halogenated alkanes) is 3. The molecule has 0 aliphatic carbocycles. The van der Waals surface area contributed by atoms with Crippen molar-refractivity contribution < 1.29 is 4.79 Å². The number of carbonyl (C=O) groups is 1. The van der Waals surface area contributed by atoms with E-state index in [0.29, 0.717) is 6.42 Å². The van der Waals surface area contributed by atoms with Gasteiger partial charge in [-0.1, -0.05) is 58.6 Å². The summed E-state index contributed by atoms with van der Waals surface area (Å²) in [6.45, 7) is 2.85. The van der Waals surface area contributed by atoms with Crippen molar-refractivity contribution in [2.45, 2.75) is 39.0 Å². The summed E-state index contributed by atoms with van der Waals surface area (Å²) >= 11 is 3.41. The van der Waals surface area contributed by atoms with Crippen LogP contribution in [0.5, 0.6) is 0 Å². The van der Waals surface area contributed by atoms with Crippen LogP contribution >= 0.6 is 15.9 Å². The average Bonchev–Trinajstić information content (AvgIpc) is 2.33.